The van der Waals surface area contributed by atoms with E-state index in [1.807, 2.05) is 0 Å². The fourth-order valence-electron chi connectivity index (χ4n) is 2.23. The summed E-state index contributed by atoms with van der Waals surface area (Å²) in [6.45, 7) is 0.00778. The number of anilines is 1. The topological polar surface area (TPSA) is 64.3 Å². The van der Waals surface area contributed by atoms with Crippen LogP contribution in [-0.4, -0.2) is 12.5 Å². The quantitative estimate of drug-likeness (QED) is 0.874. The second-order valence-electron chi connectivity index (χ2n) is 4.71. The smallest absolute Gasteiger partial charge is 0.262 e. The van der Waals surface area contributed by atoms with E-state index in [1.165, 1.54) is 6.07 Å². The Morgan fingerprint density at radius 3 is 2.95 bits per heavy atom. The molecule has 2 aromatic carbocycles. The number of carbonyl (C=O) groups is 1. The third-order valence-corrected chi connectivity index (χ3v) is 4.15. The molecule has 1 aliphatic rings. The molecule has 21 heavy (non-hydrogen) atoms. The van der Waals surface area contributed by atoms with Gasteiger partial charge in [0.05, 0.1) is 16.2 Å². The summed E-state index contributed by atoms with van der Waals surface area (Å²) in [5.74, 6) is 0.0292. The molecule has 0 saturated heterocycles. The van der Waals surface area contributed by atoms with E-state index in [1.54, 1.807) is 30.3 Å². The van der Waals surface area contributed by atoms with Crippen molar-refractivity contribution in [3.8, 4) is 5.75 Å². The van der Waals surface area contributed by atoms with Crippen LogP contribution in [0.1, 0.15) is 17.2 Å². The Labute approximate surface area is 129 Å². The number of rotatable bonds is 2. The molecule has 4 nitrogen and oxygen atoms in total. The van der Waals surface area contributed by atoms with Crippen molar-refractivity contribution in [3.05, 3.63) is 57.8 Å². The van der Waals surface area contributed by atoms with Crippen molar-refractivity contribution in [1.29, 1.82) is 0 Å². The van der Waals surface area contributed by atoms with Crippen LogP contribution in [0.25, 0.3) is 0 Å². The van der Waals surface area contributed by atoms with Crippen molar-refractivity contribution in [2.75, 3.05) is 11.9 Å². The third-order valence-electron chi connectivity index (χ3n) is 3.31. The number of hydrogen-bond donors (Lipinski definition) is 2. The largest absolute Gasteiger partial charge is 0.482 e. The number of fused-ring (bicyclic) bond motifs is 1. The van der Waals surface area contributed by atoms with Crippen LogP contribution < -0.4 is 15.8 Å². The molecular weight excluding hydrogens is 339 g/mol. The number of hydrogen-bond acceptors (Lipinski definition) is 3. The van der Waals surface area contributed by atoms with Gasteiger partial charge in [0, 0.05) is 0 Å². The van der Waals surface area contributed by atoms with Gasteiger partial charge in [-0.3, -0.25) is 4.79 Å². The SMILES string of the molecule is NC(c1ccc2c(c1)NC(=O)CO2)c1cccc(F)c1Br. The van der Waals surface area contributed by atoms with Gasteiger partial charge in [0.1, 0.15) is 11.6 Å². The van der Waals surface area contributed by atoms with Gasteiger partial charge in [0.25, 0.3) is 5.91 Å². The summed E-state index contributed by atoms with van der Waals surface area (Å²) in [7, 11) is 0. The molecule has 0 aromatic heterocycles. The van der Waals surface area contributed by atoms with Crippen molar-refractivity contribution < 1.29 is 13.9 Å². The van der Waals surface area contributed by atoms with Gasteiger partial charge in [-0.15, -0.1) is 0 Å². The van der Waals surface area contributed by atoms with Crippen LogP contribution in [0.5, 0.6) is 5.75 Å². The number of nitrogens with two attached hydrogens (primary N) is 1. The van der Waals surface area contributed by atoms with Crippen LogP contribution in [-0.2, 0) is 4.79 Å². The minimum absolute atomic E-state index is 0.00778. The van der Waals surface area contributed by atoms with E-state index in [0.717, 1.165) is 5.56 Å². The van der Waals surface area contributed by atoms with Gasteiger partial charge in [0.15, 0.2) is 6.61 Å². The zero-order chi connectivity index (χ0) is 15.0. The maximum Gasteiger partial charge on any atom is 0.262 e. The summed E-state index contributed by atoms with van der Waals surface area (Å²) >= 11 is 3.21. The Morgan fingerprint density at radius 1 is 1.33 bits per heavy atom. The lowest BCUT2D eigenvalue weighted by atomic mass is 9.98. The first-order valence-corrected chi connectivity index (χ1v) is 7.11. The van der Waals surface area contributed by atoms with Crippen molar-refractivity contribution in [3.63, 3.8) is 0 Å². The molecule has 1 aliphatic heterocycles. The Hall–Kier alpha value is -1.92. The van der Waals surface area contributed by atoms with E-state index in [0.29, 0.717) is 21.5 Å². The highest BCUT2D eigenvalue weighted by Crippen LogP contribution is 2.34. The molecule has 0 radical (unpaired) electrons. The third kappa shape index (κ3) is 2.64. The first kappa shape index (κ1) is 14.0. The standard InChI is InChI=1S/C15H12BrFN2O2/c16-14-9(2-1-3-10(14)17)15(18)8-4-5-12-11(6-8)19-13(20)7-21-12/h1-6,15H,7,18H2,(H,19,20). The van der Waals surface area contributed by atoms with Crippen LogP contribution in [0.15, 0.2) is 40.9 Å². The molecule has 0 aliphatic carbocycles. The molecule has 1 amide bonds. The Balaban J connectivity index is 1.98. The lowest BCUT2D eigenvalue weighted by Crippen LogP contribution is -2.25. The summed E-state index contributed by atoms with van der Waals surface area (Å²) < 4.78 is 19.2. The average Bonchev–Trinajstić information content (AvgIpc) is 2.48. The van der Waals surface area contributed by atoms with Crippen LogP contribution in [0.3, 0.4) is 0 Å². The molecule has 3 N–H and O–H groups in total. The molecule has 1 unspecified atom stereocenters. The molecule has 0 spiro atoms. The highest BCUT2D eigenvalue weighted by molar-refractivity contribution is 9.10. The van der Waals surface area contributed by atoms with Gasteiger partial charge >= 0.3 is 0 Å². The second kappa shape index (κ2) is 5.46. The molecule has 108 valence electrons. The first-order chi connectivity index (χ1) is 10.1. The summed E-state index contributed by atoms with van der Waals surface area (Å²) in [6.07, 6.45) is 0. The lowest BCUT2D eigenvalue weighted by molar-refractivity contribution is -0.118. The van der Waals surface area contributed by atoms with Gasteiger partial charge in [-0.05, 0) is 45.3 Å². The van der Waals surface area contributed by atoms with Crippen molar-refractivity contribution >= 4 is 27.5 Å². The van der Waals surface area contributed by atoms with E-state index >= 15 is 0 Å². The van der Waals surface area contributed by atoms with E-state index in [-0.39, 0.29) is 18.3 Å². The molecule has 6 heteroatoms. The van der Waals surface area contributed by atoms with Crippen molar-refractivity contribution in [1.82, 2.24) is 0 Å². The molecule has 0 bridgehead atoms. The highest BCUT2D eigenvalue weighted by atomic mass is 79.9. The summed E-state index contributed by atoms with van der Waals surface area (Å²) in [5.41, 5.74) is 8.17. The normalized spacial score (nSPS) is 14.9. The highest BCUT2D eigenvalue weighted by Gasteiger charge is 2.20. The number of benzene rings is 2. The van der Waals surface area contributed by atoms with Gasteiger partial charge in [-0.2, -0.15) is 0 Å². The summed E-state index contributed by atoms with van der Waals surface area (Å²) in [6, 6.07) is 9.51. The maximum absolute atomic E-state index is 13.6. The van der Waals surface area contributed by atoms with Crippen LogP contribution in [0.2, 0.25) is 0 Å². The maximum atomic E-state index is 13.6. The predicted octanol–water partition coefficient (Wildman–Crippen LogP) is 2.97. The second-order valence-corrected chi connectivity index (χ2v) is 5.51. The summed E-state index contributed by atoms with van der Waals surface area (Å²) in [4.78, 5) is 11.4. The van der Waals surface area contributed by atoms with E-state index in [2.05, 4.69) is 21.2 Å². The fourth-order valence-corrected chi connectivity index (χ4v) is 2.75. The number of amides is 1. The molecule has 1 atom stereocenters. The molecule has 0 fully saturated rings. The number of ether oxygens (including phenoxy) is 1. The monoisotopic (exact) mass is 350 g/mol. The number of halogens is 2. The zero-order valence-corrected chi connectivity index (χ0v) is 12.5. The average molecular weight is 351 g/mol. The minimum atomic E-state index is -0.515. The number of carbonyl (C=O) groups excluding carboxylic acids is 1. The molecule has 3 rings (SSSR count). The molecular formula is C15H12BrFN2O2. The zero-order valence-electron chi connectivity index (χ0n) is 10.9. The van der Waals surface area contributed by atoms with Gasteiger partial charge in [0.2, 0.25) is 0 Å². The lowest BCUT2D eigenvalue weighted by Gasteiger charge is -2.21. The van der Waals surface area contributed by atoms with Crippen molar-refractivity contribution in [2.45, 2.75) is 6.04 Å². The Morgan fingerprint density at radius 2 is 2.14 bits per heavy atom. The minimum Gasteiger partial charge on any atom is -0.482 e. The van der Waals surface area contributed by atoms with Crippen LogP contribution in [0.4, 0.5) is 10.1 Å². The van der Waals surface area contributed by atoms with Gasteiger partial charge in [-0.1, -0.05) is 18.2 Å². The molecule has 2 aromatic rings. The Bertz CT molecular complexity index is 721. The molecule has 0 saturated carbocycles. The van der Waals surface area contributed by atoms with E-state index in [9.17, 15) is 9.18 Å². The van der Waals surface area contributed by atoms with Crippen LogP contribution in [0, 0.1) is 5.82 Å². The first-order valence-electron chi connectivity index (χ1n) is 6.32. The van der Waals surface area contributed by atoms with E-state index in [4.69, 9.17) is 10.5 Å². The van der Waals surface area contributed by atoms with Gasteiger partial charge < -0.3 is 15.8 Å². The Kier molecular flexibility index (Phi) is 3.65. The molecule has 1 heterocycles. The fraction of sp³-hybridized carbons (Fsp3) is 0.133. The predicted molar refractivity (Wildman–Crippen MR) is 80.7 cm³/mol. The van der Waals surface area contributed by atoms with Crippen LogP contribution >= 0.6 is 15.9 Å². The number of nitrogens with one attached hydrogen (secondary N) is 1. The van der Waals surface area contributed by atoms with E-state index < -0.39 is 6.04 Å². The van der Waals surface area contributed by atoms with Crippen molar-refractivity contribution in [2.24, 2.45) is 5.73 Å². The van der Waals surface area contributed by atoms with Gasteiger partial charge in [-0.25, -0.2) is 4.39 Å². The summed E-state index contributed by atoms with van der Waals surface area (Å²) in [5, 5.41) is 2.73.